The SMILES string of the molecule is Cc1nn(Cc2ccc(CC#N)cc2)c(C)c1NC(=O)c1cc(C(N)=O)nc2ccccc12. The predicted molar refractivity (Wildman–Crippen MR) is 125 cm³/mol. The number of aryl methyl sites for hydroxylation is 1. The highest BCUT2D eigenvalue weighted by atomic mass is 16.2. The second-order valence-electron chi connectivity index (χ2n) is 7.75. The highest BCUT2D eigenvalue weighted by Gasteiger charge is 2.19. The van der Waals surface area contributed by atoms with Crippen LogP contribution in [0.25, 0.3) is 10.9 Å². The van der Waals surface area contributed by atoms with Crippen molar-refractivity contribution in [2.45, 2.75) is 26.8 Å². The molecule has 2 heterocycles. The molecule has 0 spiro atoms. The molecule has 2 amide bonds. The minimum absolute atomic E-state index is 0.0304. The minimum atomic E-state index is -0.698. The normalized spacial score (nSPS) is 10.7. The molecule has 0 fully saturated rings. The summed E-state index contributed by atoms with van der Waals surface area (Å²) in [5.74, 6) is -1.07. The highest BCUT2D eigenvalue weighted by Crippen LogP contribution is 2.24. The summed E-state index contributed by atoms with van der Waals surface area (Å²) < 4.78 is 1.82. The lowest BCUT2D eigenvalue weighted by atomic mass is 10.1. The second kappa shape index (κ2) is 8.93. The lowest BCUT2D eigenvalue weighted by molar-refractivity contribution is 0.0996. The third-order valence-corrected chi connectivity index (χ3v) is 5.47. The Morgan fingerprint density at radius 3 is 2.48 bits per heavy atom. The van der Waals surface area contributed by atoms with Gasteiger partial charge in [0.15, 0.2) is 0 Å². The summed E-state index contributed by atoms with van der Waals surface area (Å²) in [6.45, 7) is 4.24. The number of hydrogen-bond donors (Lipinski definition) is 2. The van der Waals surface area contributed by atoms with Crippen LogP contribution in [0.15, 0.2) is 54.6 Å². The minimum Gasteiger partial charge on any atom is -0.364 e. The van der Waals surface area contributed by atoms with Gasteiger partial charge < -0.3 is 11.1 Å². The van der Waals surface area contributed by atoms with Crippen LogP contribution in [0.1, 0.15) is 43.4 Å². The lowest BCUT2D eigenvalue weighted by Gasteiger charge is -2.10. The number of carbonyl (C=O) groups is 2. The molecule has 0 radical (unpaired) electrons. The molecular weight excluding hydrogens is 416 g/mol. The summed E-state index contributed by atoms with van der Waals surface area (Å²) in [5.41, 5.74) is 10.4. The first-order valence-corrected chi connectivity index (χ1v) is 10.4. The van der Waals surface area contributed by atoms with E-state index in [1.807, 2.05) is 42.8 Å². The van der Waals surface area contributed by atoms with Gasteiger partial charge in [0.1, 0.15) is 5.69 Å². The number of anilines is 1. The number of amides is 2. The number of aromatic nitrogens is 3. The van der Waals surface area contributed by atoms with Gasteiger partial charge in [-0.25, -0.2) is 4.98 Å². The fourth-order valence-electron chi connectivity index (χ4n) is 3.73. The predicted octanol–water partition coefficient (Wildman–Crippen LogP) is 3.51. The van der Waals surface area contributed by atoms with E-state index < -0.39 is 5.91 Å². The summed E-state index contributed by atoms with van der Waals surface area (Å²) in [6.07, 6.45) is 0.373. The molecule has 3 N–H and O–H groups in total. The molecule has 0 aliphatic carbocycles. The molecule has 8 heteroatoms. The molecule has 0 aliphatic heterocycles. The summed E-state index contributed by atoms with van der Waals surface area (Å²) in [7, 11) is 0. The number of carbonyl (C=O) groups excluding carboxylic acids is 2. The van der Waals surface area contributed by atoms with Gasteiger partial charge in [0.25, 0.3) is 11.8 Å². The number of para-hydroxylation sites is 1. The van der Waals surface area contributed by atoms with Crippen LogP contribution in [0.5, 0.6) is 0 Å². The molecule has 0 aliphatic rings. The van der Waals surface area contributed by atoms with E-state index in [1.165, 1.54) is 6.07 Å². The van der Waals surface area contributed by atoms with E-state index in [4.69, 9.17) is 11.0 Å². The first kappa shape index (κ1) is 21.7. The van der Waals surface area contributed by atoms with Crippen molar-refractivity contribution < 1.29 is 9.59 Å². The number of primary amides is 1. The van der Waals surface area contributed by atoms with Crippen molar-refractivity contribution in [1.29, 1.82) is 5.26 Å². The van der Waals surface area contributed by atoms with Crippen LogP contribution >= 0.6 is 0 Å². The molecule has 2 aromatic carbocycles. The summed E-state index contributed by atoms with van der Waals surface area (Å²) in [5, 5.41) is 17.0. The van der Waals surface area contributed by atoms with Gasteiger partial charge in [-0.05, 0) is 37.1 Å². The van der Waals surface area contributed by atoms with Gasteiger partial charge in [0.05, 0.1) is 47.2 Å². The van der Waals surface area contributed by atoms with E-state index in [0.717, 1.165) is 16.8 Å². The molecule has 0 saturated heterocycles. The van der Waals surface area contributed by atoms with Crippen LogP contribution in [0.4, 0.5) is 5.69 Å². The molecule has 0 unspecified atom stereocenters. The molecule has 164 valence electrons. The zero-order valence-electron chi connectivity index (χ0n) is 18.3. The Kier molecular flexibility index (Phi) is 5.87. The van der Waals surface area contributed by atoms with Crippen molar-refractivity contribution in [2.75, 3.05) is 5.32 Å². The zero-order valence-corrected chi connectivity index (χ0v) is 18.3. The third-order valence-electron chi connectivity index (χ3n) is 5.47. The van der Waals surface area contributed by atoms with Crippen LogP contribution in [0, 0.1) is 25.2 Å². The number of nitrogens with two attached hydrogens (primary N) is 1. The molecule has 0 bridgehead atoms. The molecule has 0 atom stereocenters. The highest BCUT2D eigenvalue weighted by molar-refractivity contribution is 6.14. The van der Waals surface area contributed by atoms with Crippen LogP contribution in [-0.2, 0) is 13.0 Å². The van der Waals surface area contributed by atoms with Crippen LogP contribution in [-0.4, -0.2) is 26.6 Å². The van der Waals surface area contributed by atoms with Crippen molar-refractivity contribution >= 4 is 28.4 Å². The third kappa shape index (κ3) is 4.43. The number of nitrogens with zero attached hydrogens (tertiary/aromatic N) is 4. The quantitative estimate of drug-likeness (QED) is 0.476. The molecule has 8 nitrogen and oxygen atoms in total. The number of hydrogen-bond acceptors (Lipinski definition) is 5. The van der Waals surface area contributed by atoms with E-state index in [9.17, 15) is 9.59 Å². The van der Waals surface area contributed by atoms with Crippen LogP contribution in [0.2, 0.25) is 0 Å². The smallest absolute Gasteiger partial charge is 0.267 e. The summed E-state index contributed by atoms with van der Waals surface area (Å²) in [6, 6.07) is 18.4. The fourth-order valence-corrected chi connectivity index (χ4v) is 3.73. The van der Waals surface area contributed by atoms with Crippen LogP contribution in [0.3, 0.4) is 0 Å². The average molecular weight is 438 g/mol. The van der Waals surface area contributed by atoms with E-state index in [0.29, 0.717) is 40.8 Å². The maximum atomic E-state index is 13.2. The Morgan fingerprint density at radius 2 is 1.79 bits per heavy atom. The molecule has 4 aromatic rings. The van der Waals surface area contributed by atoms with Gasteiger partial charge in [-0.3, -0.25) is 14.3 Å². The number of benzene rings is 2. The number of nitrogens with one attached hydrogen (secondary N) is 1. The molecule has 33 heavy (non-hydrogen) atoms. The fraction of sp³-hybridized carbons (Fsp3) is 0.160. The van der Waals surface area contributed by atoms with Gasteiger partial charge in [-0.1, -0.05) is 42.5 Å². The summed E-state index contributed by atoms with van der Waals surface area (Å²) in [4.78, 5) is 29.2. The van der Waals surface area contributed by atoms with Crippen molar-refractivity contribution in [1.82, 2.24) is 14.8 Å². The Balaban J connectivity index is 1.63. The van der Waals surface area contributed by atoms with Crippen LogP contribution < -0.4 is 11.1 Å². The standard InChI is InChI=1S/C25H22N6O2/c1-15-23(16(2)31(30-15)14-18-9-7-17(8-10-18)11-12-26)29-25(33)20-13-22(24(27)32)28-21-6-4-3-5-19(20)21/h3-10,13H,11,14H2,1-2H3,(H2,27,32)(H,29,33). The molecule has 4 rings (SSSR count). The van der Waals surface area contributed by atoms with Gasteiger partial charge in [-0.2, -0.15) is 10.4 Å². The van der Waals surface area contributed by atoms with Gasteiger partial charge in [-0.15, -0.1) is 0 Å². The molecule has 0 saturated carbocycles. The van der Waals surface area contributed by atoms with E-state index in [2.05, 4.69) is 21.5 Å². The Bertz CT molecular complexity index is 1410. The van der Waals surface area contributed by atoms with E-state index >= 15 is 0 Å². The first-order valence-electron chi connectivity index (χ1n) is 10.4. The maximum Gasteiger partial charge on any atom is 0.267 e. The van der Waals surface area contributed by atoms with Crippen molar-refractivity contribution in [3.05, 3.63) is 88.4 Å². The Hall–Kier alpha value is -4.51. The van der Waals surface area contributed by atoms with E-state index in [1.54, 1.807) is 24.3 Å². The van der Waals surface area contributed by atoms with Gasteiger partial charge in [0.2, 0.25) is 0 Å². The first-order chi connectivity index (χ1) is 15.9. The lowest BCUT2D eigenvalue weighted by Crippen LogP contribution is -2.18. The Labute approximate surface area is 190 Å². The summed E-state index contributed by atoms with van der Waals surface area (Å²) >= 11 is 0. The molecule has 2 aromatic heterocycles. The number of fused-ring (bicyclic) bond motifs is 1. The number of nitriles is 1. The van der Waals surface area contributed by atoms with Crippen molar-refractivity contribution in [3.8, 4) is 6.07 Å². The van der Waals surface area contributed by atoms with Gasteiger partial charge >= 0.3 is 0 Å². The van der Waals surface area contributed by atoms with Gasteiger partial charge in [0, 0.05) is 5.39 Å². The largest absolute Gasteiger partial charge is 0.364 e. The number of rotatable bonds is 6. The number of pyridine rings is 1. The maximum absolute atomic E-state index is 13.2. The second-order valence-corrected chi connectivity index (χ2v) is 7.75. The van der Waals surface area contributed by atoms with E-state index in [-0.39, 0.29) is 11.6 Å². The van der Waals surface area contributed by atoms with Crippen molar-refractivity contribution in [2.24, 2.45) is 5.73 Å². The zero-order chi connectivity index (χ0) is 23.5. The topological polar surface area (TPSA) is 127 Å². The average Bonchev–Trinajstić information content (AvgIpc) is 3.07. The Morgan fingerprint density at radius 1 is 1.09 bits per heavy atom. The molecular formula is C25H22N6O2. The monoisotopic (exact) mass is 438 g/mol. The van der Waals surface area contributed by atoms with Crippen molar-refractivity contribution in [3.63, 3.8) is 0 Å².